The van der Waals surface area contributed by atoms with Crippen molar-refractivity contribution >= 4 is 35.0 Å². The molecule has 1 saturated heterocycles. The maximum Gasteiger partial charge on any atom is 0.410 e. The molecule has 0 saturated carbocycles. The van der Waals surface area contributed by atoms with Gasteiger partial charge in [0.05, 0.1) is 0 Å². The van der Waals surface area contributed by atoms with E-state index in [2.05, 4.69) is 10.2 Å². The average Bonchev–Trinajstić information content (AvgIpc) is 2.92. The van der Waals surface area contributed by atoms with E-state index in [4.69, 9.17) is 9.47 Å². The number of benzene rings is 2. The fourth-order valence-electron chi connectivity index (χ4n) is 4.69. The Morgan fingerprint density at radius 3 is 1.78 bits per heavy atom. The number of piperazine rings is 1. The van der Waals surface area contributed by atoms with Gasteiger partial charge in [0.2, 0.25) is 0 Å². The van der Waals surface area contributed by atoms with Crippen molar-refractivity contribution in [1.29, 1.82) is 0 Å². The van der Waals surface area contributed by atoms with Gasteiger partial charge in [-0.25, -0.2) is 9.59 Å². The van der Waals surface area contributed by atoms with E-state index in [0.717, 1.165) is 23.2 Å². The van der Waals surface area contributed by atoms with Gasteiger partial charge in [0.25, 0.3) is 5.91 Å². The number of rotatable bonds is 4. The Kier molecular flexibility index (Phi) is 8.95. The molecule has 0 bridgehead atoms. The zero-order valence-electron chi connectivity index (χ0n) is 25.0. The molecule has 1 fully saturated rings. The second-order valence-corrected chi connectivity index (χ2v) is 12.4. The molecule has 0 aromatic heterocycles. The van der Waals surface area contributed by atoms with Gasteiger partial charge in [-0.3, -0.25) is 4.79 Å². The average molecular weight is 563 g/mol. The highest BCUT2D eigenvalue weighted by molar-refractivity contribution is 6.04. The second kappa shape index (κ2) is 12.2. The number of amides is 3. The van der Waals surface area contributed by atoms with E-state index in [1.165, 1.54) is 0 Å². The van der Waals surface area contributed by atoms with Gasteiger partial charge in [0.15, 0.2) is 0 Å². The van der Waals surface area contributed by atoms with Crippen molar-refractivity contribution in [3.05, 3.63) is 65.7 Å². The number of ether oxygens (including phenoxy) is 2. The predicted molar refractivity (Wildman–Crippen MR) is 161 cm³/mol. The zero-order valence-corrected chi connectivity index (χ0v) is 25.0. The number of carbonyl (C=O) groups excluding carboxylic acids is 3. The van der Waals surface area contributed by atoms with Crippen LogP contribution in [0.2, 0.25) is 0 Å². The monoisotopic (exact) mass is 562 g/mol. The third-order valence-corrected chi connectivity index (χ3v) is 6.80. The topological polar surface area (TPSA) is 91.4 Å². The molecular weight excluding hydrogens is 520 g/mol. The maximum atomic E-state index is 12.9. The molecule has 0 spiro atoms. The van der Waals surface area contributed by atoms with Crippen LogP contribution in [0, 0.1) is 0 Å². The summed E-state index contributed by atoms with van der Waals surface area (Å²) in [5.41, 5.74) is 3.51. The SMILES string of the molecule is CC(C)(C)OC(=O)N1CC=C(c2ccc(C(=O)Nc3ccc(N4CCN(C(=O)OC(C)(C)C)CC4)cc3)cc2)CC1. The third kappa shape index (κ3) is 8.49. The molecule has 9 heteroatoms. The van der Waals surface area contributed by atoms with Gasteiger partial charge in [-0.1, -0.05) is 18.2 Å². The van der Waals surface area contributed by atoms with Crippen molar-refractivity contribution in [2.24, 2.45) is 0 Å². The van der Waals surface area contributed by atoms with Crippen LogP contribution in [-0.4, -0.2) is 78.4 Å². The number of hydrogen-bond acceptors (Lipinski definition) is 6. The second-order valence-electron chi connectivity index (χ2n) is 12.4. The quantitative estimate of drug-likeness (QED) is 0.490. The van der Waals surface area contributed by atoms with Crippen LogP contribution < -0.4 is 10.2 Å². The molecule has 9 nitrogen and oxygen atoms in total. The van der Waals surface area contributed by atoms with E-state index in [1.54, 1.807) is 9.80 Å². The van der Waals surface area contributed by atoms with Crippen molar-refractivity contribution in [1.82, 2.24) is 9.80 Å². The van der Waals surface area contributed by atoms with Crippen LogP contribution in [0.3, 0.4) is 0 Å². The molecule has 0 aliphatic carbocycles. The number of anilines is 2. The van der Waals surface area contributed by atoms with Crippen molar-refractivity contribution in [3.63, 3.8) is 0 Å². The highest BCUT2D eigenvalue weighted by atomic mass is 16.6. The molecule has 41 heavy (non-hydrogen) atoms. The minimum atomic E-state index is -0.514. The van der Waals surface area contributed by atoms with E-state index < -0.39 is 11.2 Å². The Balaban J connectivity index is 1.27. The predicted octanol–water partition coefficient (Wildman–Crippen LogP) is 6.02. The molecule has 2 aliphatic rings. The summed E-state index contributed by atoms with van der Waals surface area (Å²) in [6.07, 6.45) is 2.20. The largest absolute Gasteiger partial charge is 0.444 e. The van der Waals surface area contributed by atoms with Gasteiger partial charge >= 0.3 is 12.2 Å². The summed E-state index contributed by atoms with van der Waals surface area (Å²) in [7, 11) is 0. The summed E-state index contributed by atoms with van der Waals surface area (Å²) < 4.78 is 10.9. The van der Waals surface area contributed by atoms with Gasteiger partial charge in [0, 0.05) is 56.2 Å². The summed E-state index contributed by atoms with van der Waals surface area (Å²) in [4.78, 5) is 43.2. The zero-order chi connectivity index (χ0) is 29.8. The molecule has 1 N–H and O–H groups in total. The van der Waals surface area contributed by atoms with E-state index in [1.807, 2.05) is 96.1 Å². The van der Waals surface area contributed by atoms with Crippen molar-refractivity contribution in [2.75, 3.05) is 49.5 Å². The van der Waals surface area contributed by atoms with Crippen LogP contribution >= 0.6 is 0 Å². The lowest BCUT2D eigenvalue weighted by atomic mass is 9.98. The fourth-order valence-corrected chi connectivity index (χ4v) is 4.69. The normalized spacial score (nSPS) is 16.1. The van der Waals surface area contributed by atoms with Crippen molar-refractivity contribution in [2.45, 2.75) is 59.2 Å². The first kappa shape index (κ1) is 30.0. The molecule has 220 valence electrons. The Morgan fingerprint density at radius 2 is 1.27 bits per heavy atom. The maximum absolute atomic E-state index is 12.9. The van der Waals surface area contributed by atoms with Crippen LogP contribution in [0.25, 0.3) is 5.57 Å². The van der Waals surface area contributed by atoms with Crippen LogP contribution in [-0.2, 0) is 9.47 Å². The third-order valence-electron chi connectivity index (χ3n) is 6.80. The summed E-state index contributed by atoms with van der Waals surface area (Å²) >= 11 is 0. The minimum Gasteiger partial charge on any atom is -0.444 e. The molecule has 3 amide bonds. The van der Waals surface area contributed by atoms with E-state index in [-0.39, 0.29) is 18.1 Å². The molecular formula is C32H42N4O5. The van der Waals surface area contributed by atoms with Gasteiger partial charge in [-0.05, 0) is 95.5 Å². The van der Waals surface area contributed by atoms with Gasteiger partial charge < -0.3 is 29.5 Å². The molecule has 2 aromatic carbocycles. The molecule has 2 heterocycles. The fraction of sp³-hybridized carbons (Fsp3) is 0.469. The number of nitrogens with one attached hydrogen (secondary N) is 1. The van der Waals surface area contributed by atoms with Crippen molar-refractivity contribution in [3.8, 4) is 0 Å². The highest BCUT2D eigenvalue weighted by Crippen LogP contribution is 2.25. The summed E-state index contributed by atoms with van der Waals surface area (Å²) in [6, 6.07) is 15.3. The van der Waals surface area contributed by atoms with Gasteiger partial charge in [-0.15, -0.1) is 0 Å². The Labute approximate surface area is 243 Å². The summed E-state index contributed by atoms with van der Waals surface area (Å²) in [6.45, 7) is 14.9. The smallest absolute Gasteiger partial charge is 0.410 e. The molecule has 0 atom stereocenters. The molecule has 0 radical (unpaired) electrons. The Hall–Kier alpha value is -4.01. The molecule has 4 rings (SSSR count). The van der Waals surface area contributed by atoms with E-state index in [0.29, 0.717) is 50.5 Å². The highest BCUT2D eigenvalue weighted by Gasteiger charge is 2.26. The standard InChI is InChI=1S/C32H42N4O5/c1-31(2,3)40-29(38)35-17-15-24(16-18-35)23-7-9-25(10-8-23)28(37)33-26-11-13-27(14-12-26)34-19-21-36(22-20-34)30(39)41-32(4,5)6/h7-15H,16-22H2,1-6H3,(H,33,37). The Bertz CT molecular complexity index is 1270. The van der Waals surface area contributed by atoms with Crippen LogP contribution in [0.5, 0.6) is 0 Å². The lowest BCUT2D eigenvalue weighted by molar-refractivity contribution is 0.0237. The van der Waals surface area contributed by atoms with Crippen LogP contribution in [0.1, 0.15) is 63.9 Å². The molecule has 2 aliphatic heterocycles. The van der Waals surface area contributed by atoms with Gasteiger partial charge in [0.1, 0.15) is 11.2 Å². The van der Waals surface area contributed by atoms with Crippen LogP contribution in [0.15, 0.2) is 54.6 Å². The molecule has 2 aromatic rings. The number of hydrogen-bond donors (Lipinski definition) is 1. The first-order chi connectivity index (χ1) is 19.3. The Morgan fingerprint density at radius 1 is 0.707 bits per heavy atom. The molecule has 0 unspecified atom stereocenters. The van der Waals surface area contributed by atoms with Crippen molar-refractivity contribution < 1.29 is 23.9 Å². The summed E-state index contributed by atoms with van der Waals surface area (Å²) in [5.74, 6) is -0.177. The van der Waals surface area contributed by atoms with E-state index in [9.17, 15) is 14.4 Å². The lowest BCUT2D eigenvalue weighted by Gasteiger charge is -2.36. The number of nitrogens with zero attached hydrogens (tertiary/aromatic N) is 3. The lowest BCUT2D eigenvalue weighted by Crippen LogP contribution is -2.50. The first-order valence-corrected chi connectivity index (χ1v) is 14.2. The van der Waals surface area contributed by atoms with Crippen LogP contribution in [0.4, 0.5) is 21.0 Å². The van der Waals surface area contributed by atoms with E-state index >= 15 is 0 Å². The number of carbonyl (C=O) groups is 3. The van der Waals surface area contributed by atoms with Gasteiger partial charge in [-0.2, -0.15) is 0 Å². The summed E-state index contributed by atoms with van der Waals surface area (Å²) in [5, 5.41) is 2.97. The first-order valence-electron chi connectivity index (χ1n) is 14.2. The minimum absolute atomic E-state index is 0.177.